The van der Waals surface area contributed by atoms with Gasteiger partial charge in [-0.3, -0.25) is 4.79 Å². The van der Waals surface area contributed by atoms with Crippen LogP contribution in [0.1, 0.15) is 15.9 Å². The van der Waals surface area contributed by atoms with Crippen molar-refractivity contribution in [1.29, 1.82) is 0 Å². The van der Waals surface area contributed by atoms with Crippen molar-refractivity contribution in [2.75, 3.05) is 5.73 Å². The van der Waals surface area contributed by atoms with Crippen LogP contribution in [-0.2, 0) is 0 Å². The van der Waals surface area contributed by atoms with Crippen molar-refractivity contribution < 1.29 is 9.53 Å². The quantitative estimate of drug-likeness (QED) is 0.845. The average Bonchev–Trinajstić information content (AvgIpc) is 2.34. The first kappa shape index (κ1) is 11.8. The molecule has 0 aliphatic carbocycles. The molecule has 0 saturated heterocycles. The van der Waals surface area contributed by atoms with Gasteiger partial charge in [-0.05, 0) is 19.1 Å². The van der Waals surface area contributed by atoms with Gasteiger partial charge >= 0.3 is 0 Å². The van der Waals surface area contributed by atoms with E-state index in [9.17, 15) is 4.79 Å². The van der Waals surface area contributed by atoms with Crippen LogP contribution in [0.5, 0.6) is 11.6 Å². The van der Waals surface area contributed by atoms with E-state index in [4.69, 9.17) is 16.2 Å². The summed E-state index contributed by atoms with van der Waals surface area (Å²) < 4.78 is 5.55. The van der Waals surface area contributed by atoms with Crippen molar-refractivity contribution in [2.24, 2.45) is 5.73 Å². The van der Waals surface area contributed by atoms with Gasteiger partial charge in [0.25, 0.3) is 5.91 Å². The van der Waals surface area contributed by atoms with Crippen molar-refractivity contribution in [3.63, 3.8) is 0 Å². The summed E-state index contributed by atoms with van der Waals surface area (Å²) in [4.78, 5) is 19.0. The molecule has 0 aliphatic rings. The number of amides is 1. The Hall–Kier alpha value is -2.63. The second-order valence-corrected chi connectivity index (χ2v) is 3.68. The number of hydrogen-bond donors (Lipinski definition) is 2. The molecule has 2 aromatic rings. The normalized spacial score (nSPS) is 10.1. The zero-order valence-corrected chi connectivity index (χ0v) is 9.75. The lowest BCUT2D eigenvalue weighted by molar-refractivity contribution is 0.0998. The number of anilines is 1. The van der Waals surface area contributed by atoms with Gasteiger partial charge in [0.15, 0.2) is 0 Å². The van der Waals surface area contributed by atoms with Gasteiger partial charge in [-0.15, -0.1) is 0 Å². The largest absolute Gasteiger partial charge is 0.438 e. The highest BCUT2D eigenvalue weighted by atomic mass is 16.5. The van der Waals surface area contributed by atoms with Crippen LogP contribution >= 0.6 is 0 Å². The summed E-state index contributed by atoms with van der Waals surface area (Å²) in [7, 11) is 0. The number of benzene rings is 1. The monoisotopic (exact) mass is 244 g/mol. The molecule has 1 heterocycles. The number of primary amides is 1. The Kier molecular flexibility index (Phi) is 3.09. The van der Waals surface area contributed by atoms with Gasteiger partial charge in [0, 0.05) is 11.8 Å². The molecule has 0 aliphatic heterocycles. The van der Waals surface area contributed by atoms with Crippen LogP contribution in [-0.4, -0.2) is 15.9 Å². The van der Waals surface area contributed by atoms with E-state index >= 15 is 0 Å². The molecule has 0 spiro atoms. The number of nitrogens with zero attached hydrogens (tertiary/aromatic N) is 2. The maximum Gasteiger partial charge on any atom is 0.252 e. The van der Waals surface area contributed by atoms with Crippen LogP contribution in [0.25, 0.3) is 0 Å². The second kappa shape index (κ2) is 4.70. The lowest BCUT2D eigenvalue weighted by Crippen LogP contribution is -2.12. The van der Waals surface area contributed by atoms with E-state index in [2.05, 4.69) is 9.97 Å². The zero-order valence-electron chi connectivity index (χ0n) is 9.75. The summed E-state index contributed by atoms with van der Waals surface area (Å²) in [6.07, 6.45) is 1.55. The van der Waals surface area contributed by atoms with Crippen LogP contribution < -0.4 is 16.2 Å². The predicted octanol–water partition coefficient (Wildman–Crippen LogP) is 1.26. The fourth-order valence-electron chi connectivity index (χ4n) is 1.41. The number of nitrogen functional groups attached to an aromatic ring is 1. The number of hydrogen-bond acceptors (Lipinski definition) is 5. The van der Waals surface area contributed by atoms with Gasteiger partial charge in [-0.25, -0.2) is 4.98 Å². The van der Waals surface area contributed by atoms with E-state index in [-0.39, 0.29) is 11.5 Å². The lowest BCUT2D eigenvalue weighted by Gasteiger charge is -2.09. The van der Waals surface area contributed by atoms with Crippen molar-refractivity contribution in [3.8, 4) is 11.6 Å². The molecule has 0 atom stereocenters. The molecule has 0 unspecified atom stereocenters. The van der Waals surface area contributed by atoms with E-state index in [0.717, 1.165) is 0 Å². The van der Waals surface area contributed by atoms with Gasteiger partial charge in [-0.1, -0.05) is 12.1 Å². The Bertz CT molecular complexity index is 598. The highest BCUT2D eigenvalue weighted by Gasteiger charge is 2.11. The third-order valence-corrected chi connectivity index (χ3v) is 2.30. The summed E-state index contributed by atoms with van der Waals surface area (Å²) in [5.74, 6) is 0.180. The third kappa shape index (κ3) is 2.37. The average molecular weight is 244 g/mol. The number of aryl methyl sites for hydroxylation is 1. The molecule has 1 aromatic carbocycles. The standard InChI is InChI=1S/C12H12N4O2/c1-7-6-15-12(14)16-11(7)18-9-5-3-2-4-8(9)10(13)17/h2-6H,1H3,(H2,13,17)(H2,14,15,16). The number of para-hydroxylation sites is 1. The molecule has 0 saturated carbocycles. The third-order valence-electron chi connectivity index (χ3n) is 2.30. The Morgan fingerprint density at radius 2 is 2.06 bits per heavy atom. The Balaban J connectivity index is 2.40. The van der Waals surface area contributed by atoms with E-state index in [1.165, 1.54) is 0 Å². The van der Waals surface area contributed by atoms with Crippen LogP contribution in [0.15, 0.2) is 30.5 Å². The number of rotatable bonds is 3. The molecule has 0 bridgehead atoms. The molecule has 0 fully saturated rings. The van der Waals surface area contributed by atoms with Crippen LogP contribution in [0, 0.1) is 6.92 Å². The Morgan fingerprint density at radius 3 is 2.78 bits per heavy atom. The van der Waals surface area contributed by atoms with E-state index in [1.54, 1.807) is 37.4 Å². The number of nitrogens with two attached hydrogens (primary N) is 2. The van der Waals surface area contributed by atoms with Crippen LogP contribution in [0.2, 0.25) is 0 Å². The minimum Gasteiger partial charge on any atom is -0.438 e. The first-order valence-electron chi connectivity index (χ1n) is 5.23. The molecule has 1 amide bonds. The summed E-state index contributed by atoms with van der Waals surface area (Å²) in [6.45, 7) is 1.78. The molecule has 1 aromatic heterocycles. The Labute approximate surface area is 104 Å². The van der Waals surface area contributed by atoms with E-state index in [1.807, 2.05) is 0 Å². The molecule has 92 valence electrons. The summed E-state index contributed by atoms with van der Waals surface area (Å²) in [5, 5.41) is 0. The maximum atomic E-state index is 11.2. The predicted molar refractivity (Wildman–Crippen MR) is 66.2 cm³/mol. The van der Waals surface area contributed by atoms with E-state index < -0.39 is 5.91 Å². The highest BCUT2D eigenvalue weighted by molar-refractivity contribution is 5.95. The molecule has 4 N–H and O–H groups in total. The molecular weight excluding hydrogens is 232 g/mol. The van der Waals surface area contributed by atoms with Gasteiger partial charge in [0.05, 0.1) is 5.56 Å². The summed E-state index contributed by atoms with van der Waals surface area (Å²) in [5.41, 5.74) is 11.7. The fraction of sp³-hybridized carbons (Fsp3) is 0.0833. The SMILES string of the molecule is Cc1cnc(N)nc1Oc1ccccc1C(N)=O. The van der Waals surface area contributed by atoms with E-state index in [0.29, 0.717) is 17.2 Å². The Morgan fingerprint density at radius 1 is 1.33 bits per heavy atom. The number of carbonyl (C=O) groups excluding carboxylic acids is 1. The minimum absolute atomic E-state index is 0.104. The fourth-order valence-corrected chi connectivity index (χ4v) is 1.41. The topological polar surface area (TPSA) is 104 Å². The van der Waals surface area contributed by atoms with Crippen molar-refractivity contribution >= 4 is 11.9 Å². The highest BCUT2D eigenvalue weighted by Crippen LogP contribution is 2.25. The second-order valence-electron chi connectivity index (χ2n) is 3.68. The zero-order chi connectivity index (χ0) is 13.1. The van der Waals surface area contributed by atoms with Crippen molar-refractivity contribution in [3.05, 3.63) is 41.6 Å². The van der Waals surface area contributed by atoms with Gasteiger partial charge < -0.3 is 16.2 Å². The first-order valence-corrected chi connectivity index (χ1v) is 5.23. The van der Waals surface area contributed by atoms with Crippen LogP contribution in [0.3, 0.4) is 0 Å². The minimum atomic E-state index is -0.565. The lowest BCUT2D eigenvalue weighted by atomic mass is 10.2. The van der Waals surface area contributed by atoms with Crippen molar-refractivity contribution in [2.45, 2.75) is 6.92 Å². The molecular formula is C12H12N4O2. The number of aromatic nitrogens is 2. The maximum absolute atomic E-state index is 11.2. The summed E-state index contributed by atoms with van der Waals surface area (Å²) in [6, 6.07) is 6.66. The van der Waals surface area contributed by atoms with Gasteiger partial charge in [-0.2, -0.15) is 4.98 Å². The van der Waals surface area contributed by atoms with Crippen molar-refractivity contribution in [1.82, 2.24) is 9.97 Å². The molecule has 0 radical (unpaired) electrons. The molecule has 18 heavy (non-hydrogen) atoms. The molecule has 6 heteroatoms. The number of carbonyl (C=O) groups is 1. The first-order chi connectivity index (χ1) is 8.58. The summed E-state index contributed by atoms with van der Waals surface area (Å²) >= 11 is 0. The van der Waals surface area contributed by atoms with Gasteiger partial charge in [0.1, 0.15) is 5.75 Å². The smallest absolute Gasteiger partial charge is 0.252 e. The number of ether oxygens (including phenoxy) is 1. The van der Waals surface area contributed by atoms with Gasteiger partial charge in [0.2, 0.25) is 11.8 Å². The molecule has 6 nitrogen and oxygen atoms in total. The van der Waals surface area contributed by atoms with Crippen LogP contribution in [0.4, 0.5) is 5.95 Å². The molecule has 2 rings (SSSR count).